The monoisotopic (exact) mass is 231 g/mol. The summed E-state index contributed by atoms with van der Waals surface area (Å²) in [7, 11) is 0. The van der Waals surface area contributed by atoms with Crippen molar-refractivity contribution in [1.82, 2.24) is 5.32 Å². The molecule has 0 aromatic carbocycles. The van der Waals surface area contributed by atoms with Crippen molar-refractivity contribution in [2.45, 2.75) is 62.7 Å². The number of rotatable bonds is 2. The predicted molar refractivity (Wildman–Crippen MR) is 59.0 cm³/mol. The maximum atomic E-state index is 11.8. The number of nitrogens with one attached hydrogen (secondary N) is 1. The Morgan fingerprint density at radius 1 is 1.33 bits per heavy atom. The SMILES string of the molecule is CC1CCC(C(=O)NC2CCCC2Cl)O1. The van der Waals surface area contributed by atoms with E-state index < -0.39 is 0 Å². The Labute approximate surface area is 95.5 Å². The summed E-state index contributed by atoms with van der Waals surface area (Å²) in [5, 5.41) is 3.10. The number of hydrogen-bond donors (Lipinski definition) is 1. The van der Waals surface area contributed by atoms with Crippen LogP contribution in [0.1, 0.15) is 39.0 Å². The molecule has 0 aromatic rings. The zero-order valence-electron chi connectivity index (χ0n) is 9.04. The minimum atomic E-state index is -0.246. The van der Waals surface area contributed by atoms with Crippen LogP contribution in [0.25, 0.3) is 0 Å². The van der Waals surface area contributed by atoms with Gasteiger partial charge in [-0.15, -0.1) is 11.6 Å². The average molecular weight is 232 g/mol. The van der Waals surface area contributed by atoms with Gasteiger partial charge in [-0.05, 0) is 39.0 Å². The molecule has 0 aromatic heterocycles. The van der Waals surface area contributed by atoms with Crippen molar-refractivity contribution in [3.05, 3.63) is 0 Å². The van der Waals surface area contributed by atoms with Crippen molar-refractivity contribution >= 4 is 17.5 Å². The van der Waals surface area contributed by atoms with E-state index in [2.05, 4.69) is 5.32 Å². The van der Waals surface area contributed by atoms with E-state index in [0.29, 0.717) is 0 Å². The van der Waals surface area contributed by atoms with Crippen molar-refractivity contribution in [1.29, 1.82) is 0 Å². The molecule has 1 heterocycles. The Morgan fingerprint density at radius 2 is 2.13 bits per heavy atom. The zero-order chi connectivity index (χ0) is 10.8. The zero-order valence-corrected chi connectivity index (χ0v) is 9.80. The summed E-state index contributed by atoms with van der Waals surface area (Å²) in [6.45, 7) is 2.01. The molecule has 4 unspecified atom stereocenters. The molecular formula is C11H18ClNO2. The molecule has 2 aliphatic rings. The minimum Gasteiger partial charge on any atom is -0.365 e. The Kier molecular flexibility index (Phi) is 3.52. The van der Waals surface area contributed by atoms with Gasteiger partial charge in [0, 0.05) is 6.04 Å². The molecule has 2 rings (SSSR count). The molecule has 0 bridgehead atoms. The Morgan fingerprint density at radius 3 is 2.67 bits per heavy atom. The van der Waals surface area contributed by atoms with Gasteiger partial charge in [0.1, 0.15) is 6.10 Å². The summed E-state index contributed by atoms with van der Waals surface area (Å²) in [5.41, 5.74) is 0. The van der Waals surface area contributed by atoms with Crippen LogP contribution in [0.4, 0.5) is 0 Å². The van der Waals surface area contributed by atoms with Crippen LogP contribution in [0.15, 0.2) is 0 Å². The van der Waals surface area contributed by atoms with Crippen LogP contribution in [-0.2, 0) is 9.53 Å². The van der Waals surface area contributed by atoms with Crippen molar-refractivity contribution < 1.29 is 9.53 Å². The van der Waals surface area contributed by atoms with Crippen molar-refractivity contribution in [3.63, 3.8) is 0 Å². The van der Waals surface area contributed by atoms with Gasteiger partial charge < -0.3 is 10.1 Å². The van der Waals surface area contributed by atoms with Crippen LogP contribution in [-0.4, -0.2) is 29.5 Å². The fourth-order valence-corrected chi connectivity index (χ4v) is 2.69. The molecular weight excluding hydrogens is 214 g/mol. The maximum absolute atomic E-state index is 11.8. The number of carbonyl (C=O) groups is 1. The second kappa shape index (κ2) is 4.71. The Bertz CT molecular complexity index is 247. The summed E-state index contributed by atoms with van der Waals surface area (Å²) in [6.07, 6.45) is 4.91. The maximum Gasteiger partial charge on any atom is 0.249 e. The summed E-state index contributed by atoms with van der Waals surface area (Å²) in [4.78, 5) is 11.8. The summed E-state index contributed by atoms with van der Waals surface area (Å²) in [6, 6.07) is 0.152. The molecule has 1 aliphatic heterocycles. The smallest absolute Gasteiger partial charge is 0.249 e. The number of hydrogen-bond acceptors (Lipinski definition) is 2. The molecule has 86 valence electrons. The van der Waals surface area contributed by atoms with Crippen molar-refractivity contribution in [2.24, 2.45) is 0 Å². The highest BCUT2D eigenvalue weighted by molar-refractivity contribution is 6.21. The lowest BCUT2D eigenvalue weighted by atomic mass is 10.2. The van der Waals surface area contributed by atoms with Crippen molar-refractivity contribution in [3.8, 4) is 0 Å². The lowest BCUT2D eigenvalue weighted by Gasteiger charge is -2.18. The second-order valence-electron chi connectivity index (χ2n) is 4.57. The van der Waals surface area contributed by atoms with E-state index in [1.165, 1.54) is 0 Å². The van der Waals surface area contributed by atoms with E-state index in [1.54, 1.807) is 0 Å². The molecule has 4 atom stereocenters. The largest absolute Gasteiger partial charge is 0.365 e. The van der Waals surface area contributed by atoms with Gasteiger partial charge in [0.05, 0.1) is 11.5 Å². The van der Waals surface area contributed by atoms with Crippen LogP contribution in [0.3, 0.4) is 0 Å². The molecule has 0 radical (unpaired) electrons. The lowest BCUT2D eigenvalue weighted by molar-refractivity contribution is -0.132. The molecule has 15 heavy (non-hydrogen) atoms. The Hall–Kier alpha value is -0.280. The van der Waals surface area contributed by atoms with Gasteiger partial charge in [-0.25, -0.2) is 0 Å². The van der Waals surface area contributed by atoms with Gasteiger partial charge in [-0.3, -0.25) is 4.79 Å². The molecule has 1 saturated heterocycles. The summed E-state index contributed by atoms with van der Waals surface area (Å²) >= 11 is 6.10. The third-order valence-corrected chi connectivity index (χ3v) is 3.81. The molecule has 3 nitrogen and oxygen atoms in total. The van der Waals surface area contributed by atoms with E-state index >= 15 is 0 Å². The fraction of sp³-hybridized carbons (Fsp3) is 0.909. The first-order chi connectivity index (χ1) is 7.16. The summed E-state index contributed by atoms with van der Waals surface area (Å²) in [5.74, 6) is 0.0249. The van der Waals surface area contributed by atoms with E-state index in [4.69, 9.17) is 16.3 Å². The van der Waals surface area contributed by atoms with Gasteiger partial charge in [-0.2, -0.15) is 0 Å². The van der Waals surface area contributed by atoms with E-state index in [9.17, 15) is 4.79 Å². The molecule has 1 saturated carbocycles. The normalized spacial score (nSPS) is 40.7. The first-order valence-electron chi connectivity index (χ1n) is 5.76. The van der Waals surface area contributed by atoms with Gasteiger partial charge in [0.2, 0.25) is 5.91 Å². The molecule has 4 heteroatoms. The quantitative estimate of drug-likeness (QED) is 0.737. The number of halogens is 1. The second-order valence-corrected chi connectivity index (χ2v) is 5.14. The molecule has 0 spiro atoms. The number of amides is 1. The highest BCUT2D eigenvalue weighted by atomic mass is 35.5. The predicted octanol–water partition coefficient (Wildman–Crippen LogP) is 1.83. The number of alkyl halides is 1. The average Bonchev–Trinajstić information content (AvgIpc) is 2.77. The van der Waals surface area contributed by atoms with Gasteiger partial charge in [0.15, 0.2) is 0 Å². The van der Waals surface area contributed by atoms with Gasteiger partial charge in [0.25, 0.3) is 0 Å². The van der Waals surface area contributed by atoms with E-state index in [-0.39, 0.29) is 29.5 Å². The topological polar surface area (TPSA) is 38.3 Å². The first kappa shape index (κ1) is 11.2. The summed E-state index contributed by atoms with van der Waals surface area (Å²) < 4.78 is 5.51. The molecule has 1 aliphatic carbocycles. The van der Waals surface area contributed by atoms with E-state index in [0.717, 1.165) is 32.1 Å². The van der Waals surface area contributed by atoms with Crippen LogP contribution in [0, 0.1) is 0 Å². The molecule has 1 N–H and O–H groups in total. The van der Waals surface area contributed by atoms with Crippen LogP contribution in [0.2, 0.25) is 0 Å². The van der Waals surface area contributed by atoms with Crippen LogP contribution >= 0.6 is 11.6 Å². The standard InChI is InChI=1S/C11H18ClNO2/c1-7-5-6-10(15-7)11(14)13-9-4-2-3-8(9)12/h7-10H,2-6H2,1H3,(H,13,14). The molecule has 2 fully saturated rings. The third kappa shape index (κ3) is 2.64. The van der Waals surface area contributed by atoms with E-state index in [1.807, 2.05) is 6.92 Å². The number of ether oxygens (including phenoxy) is 1. The molecule has 1 amide bonds. The van der Waals surface area contributed by atoms with Crippen LogP contribution in [0.5, 0.6) is 0 Å². The minimum absolute atomic E-state index is 0.0249. The van der Waals surface area contributed by atoms with Crippen LogP contribution < -0.4 is 5.32 Å². The highest BCUT2D eigenvalue weighted by Gasteiger charge is 2.32. The van der Waals surface area contributed by atoms with Crippen molar-refractivity contribution in [2.75, 3.05) is 0 Å². The fourth-order valence-electron chi connectivity index (χ4n) is 2.35. The third-order valence-electron chi connectivity index (χ3n) is 3.28. The highest BCUT2D eigenvalue weighted by Crippen LogP contribution is 2.25. The van der Waals surface area contributed by atoms with Gasteiger partial charge >= 0.3 is 0 Å². The Balaban J connectivity index is 1.81. The number of carbonyl (C=O) groups excluding carboxylic acids is 1. The van der Waals surface area contributed by atoms with Gasteiger partial charge in [-0.1, -0.05) is 0 Å². The first-order valence-corrected chi connectivity index (χ1v) is 6.20. The lowest BCUT2D eigenvalue weighted by Crippen LogP contribution is -2.43.